The molecule has 0 aliphatic carbocycles. The van der Waals surface area contributed by atoms with Crippen LogP contribution in [0.5, 0.6) is 0 Å². The Kier molecular flexibility index (Phi) is 43.7. The molecule has 0 heterocycles. The van der Waals surface area contributed by atoms with Crippen LogP contribution in [0, 0.1) is 0 Å². The fraction of sp³-hybridized carbons (Fsp3) is 0.935. The van der Waals surface area contributed by atoms with E-state index in [2.05, 4.69) is 26.0 Å². The third-order valence-corrected chi connectivity index (χ3v) is 11.4. The Morgan fingerprint density at radius 2 is 0.909 bits per heavy atom. The quantitative estimate of drug-likeness (QED) is 0.0270. The summed E-state index contributed by atoms with van der Waals surface area (Å²) >= 11 is 0. The second-order valence-corrected chi connectivity index (χ2v) is 17.4. The van der Waals surface area contributed by atoms with Gasteiger partial charge < -0.3 is 20.1 Å². The lowest BCUT2D eigenvalue weighted by atomic mass is 10.0. The number of phosphoric acid groups is 1. The first-order valence-electron chi connectivity index (χ1n) is 23.7. The molecule has 0 aliphatic heterocycles. The van der Waals surface area contributed by atoms with E-state index in [-0.39, 0.29) is 32.3 Å². The molecular formula is C46H92NO7P. The SMILES string of the molecule is CCCCCCC/C=C\CCCCCCCC(=O)OC(COCCCCCCCCCCCCCCCCCCCCCCCC)COP(=O)(O)OCCN. The number of carbonyl (C=O) groups is 1. The van der Waals surface area contributed by atoms with Crippen molar-refractivity contribution in [1.29, 1.82) is 0 Å². The van der Waals surface area contributed by atoms with E-state index in [0.717, 1.165) is 44.9 Å². The lowest BCUT2D eigenvalue weighted by Gasteiger charge is -2.20. The highest BCUT2D eigenvalue weighted by molar-refractivity contribution is 7.47. The van der Waals surface area contributed by atoms with E-state index < -0.39 is 13.9 Å². The van der Waals surface area contributed by atoms with Crippen LogP contribution in [0.15, 0.2) is 12.2 Å². The molecule has 0 rings (SSSR count). The first kappa shape index (κ1) is 54.2. The molecule has 0 aromatic heterocycles. The van der Waals surface area contributed by atoms with Gasteiger partial charge in [-0.3, -0.25) is 13.8 Å². The van der Waals surface area contributed by atoms with Crippen LogP contribution in [0.3, 0.4) is 0 Å². The third-order valence-electron chi connectivity index (χ3n) is 10.4. The Hall–Kier alpha value is -0.760. The highest BCUT2D eigenvalue weighted by Gasteiger charge is 2.25. The van der Waals surface area contributed by atoms with Crippen molar-refractivity contribution in [1.82, 2.24) is 0 Å². The smallest absolute Gasteiger partial charge is 0.457 e. The molecule has 0 spiro atoms. The number of nitrogens with two attached hydrogens (primary N) is 1. The summed E-state index contributed by atoms with van der Waals surface area (Å²) in [5.74, 6) is -0.334. The zero-order valence-electron chi connectivity index (χ0n) is 36.4. The van der Waals surface area contributed by atoms with Crippen LogP contribution in [0.1, 0.15) is 239 Å². The second-order valence-electron chi connectivity index (χ2n) is 16.0. The maximum absolute atomic E-state index is 12.6. The number of ether oxygens (including phenoxy) is 2. The summed E-state index contributed by atoms with van der Waals surface area (Å²) in [5, 5.41) is 0. The predicted octanol–water partition coefficient (Wildman–Crippen LogP) is 14.3. The minimum atomic E-state index is -4.27. The van der Waals surface area contributed by atoms with E-state index in [1.807, 2.05) is 0 Å². The van der Waals surface area contributed by atoms with Crippen molar-refractivity contribution in [3.05, 3.63) is 12.2 Å². The number of carbonyl (C=O) groups excluding carboxylic acids is 1. The average Bonchev–Trinajstić information content (AvgIpc) is 3.17. The molecule has 8 nitrogen and oxygen atoms in total. The summed E-state index contributed by atoms with van der Waals surface area (Å²) in [4.78, 5) is 22.5. The van der Waals surface area contributed by atoms with Gasteiger partial charge in [0.1, 0.15) is 6.10 Å². The maximum atomic E-state index is 12.6. The van der Waals surface area contributed by atoms with Crippen LogP contribution < -0.4 is 5.73 Å². The van der Waals surface area contributed by atoms with Gasteiger partial charge in [0, 0.05) is 19.6 Å². The minimum absolute atomic E-state index is 0.0936. The fourth-order valence-corrected chi connectivity index (χ4v) is 7.70. The number of phosphoric ester groups is 1. The first-order valence-corrected chi connectivity index (χ1v) is 25.2. The molecule has 2 unspecified atom stereocenters. The molecule has 0 aromatic carbocycles. The van der Waals surface area contributed by atoms with Gasteiger partial charge in [-0.2, -0.15) is 0 Å². The molecule has 9 heteroatoms. The van der Waals surface area contributed by atoms with Crippen molar-refractivity contribution in [2.45, 2.75) is 245 Å². The van der Waals surface area contributed by atoms with E-state index in [4.69, 9.17) is 24.3 Å². The Balaban J connectivity index is 3.90. The van der Waals surface area contributed by atoms with Crippen molar-refractivity contribution in [3.63, 3.8) is 0 Å². The predicted molar refractivity (Wildman–Crippen MR) is 234 cm³/mol. The summed E-state index contributed by atoms with van der Waals surface area (Å²) in [5.41, 5.74) is 5.38. The van der Waals surface area contributed by atoms with Crippen LogP contribution in [-0.4, -0.2) is 49.9 Å². The van der Waals surface area contributed by atoms with Crippen molar-refractivity contribution >= 4 is 13.8 Å². The van der Waals surface area contributed by atoms with E-state index in [1.165, 1.54) is 173 Å². The van der Waals surface area contributed by atoms with Crippen molar-refractivity contribution in [2.24, 2.45) is 5.73 Å². The molecule has 0 saturated heterocycles. The summed E-state index contributed by atoms with van der Waals surface area (Å²) in [6, 6.07) is 0. The summed E-state index contributed by atoms with van der Waals surface area (Å²) in [6.45, 7) is 4.95. The Morgan fingerprint density at radius 3 is 1.33 bits per heavy atom. The van der Waals surface area contributed by atoms with Crippen molar-refractivity contribution in [2.75, 3.05) is 33.0 Å². The average molecular weight is 802 g/mol. The van der Waals surface area contributed by atoms with Gasteiger partial charge in [-0.1, -0.05) is 206 Å². The highest BCUT2D eigenvalue weighted by Crippen LogP contribution is 2.43. The van der Waals surface area contributed by atoms with Crippen LogP contribution >= 0.6 is 7.82 Å². The molecule has 2 atom stereocenters. The lowest BCUT2D eigenvalue weighted by Crippen LogP contribution is -2.28. The van der Waals surface area contributed by atoms with Crippen molar-refractivity contribution < 1.29 is 32.8 Å². The van der Waals surface area contributed by atoms with E-state index >= 15 is 0 Å². The molecule has 0 saturated carbocycles. The van der Waals surface area contributed by atoms with Gasteiger partial charge in [0.05, 0.1) is 19.8 Å². The number of unbranched alkanes of at least 4 members (excludes halogenated alkanes) is 31. The van der Waals surface area contributed by atoms with Crippen molar-refractivity contribution in [3.8, 4) is 0 Å². The molecule has 0 aliphatic rings. The Labute approximate surface area is 341 Å². The number of hydrogen-bond acceptors (Lipinski definition) is 7. The van der Waals surface area contributed by atoms with E-state index in [0.29, 0.717) is 13.0 Å². The monoisotopic (exact) mass is 802 g/mol. The molecule has 3 N–H and O–H groups in total. The van der Waals surface area contributed by atoms with Gasteiger partial charge in [0.15, 0.2) is 0 Å². The largest absolute Gasteiger partial charge is 0.472 e. The molecule has 55 heavy (non-hydrogen) atoms. The van der Waals surface area contributed by atoms with E-state index in [1.54, 1.807) is 0 Å². The third kappa shape index (κ3) is 44.2. The van der Waals surface area contributed by atoms with Crippen LogP contribution in [-0.2, 0) is 27.9 Å². The summed E-state index contributed by atoms with van der Waals surface area (Å²) in [7, 11) is -4.27. The normalized spacial score (nSPS) is 13.5. The molecule has 0 aromatic rings. The van der Waals surface area contributed by atoms with Gasteiger partial charge in [-0.05, 0) is 38.5 Å². The zero-order chi connectivity index (χ0) is 40.2. The topological polar surface area (TPSA) is 117 Å². The van der Waals surface area contributed by atoms with Gasteiger partial charge in [-0.25, -0.2) is 4.57 Å². The molecule has 0 fully saturated rings. The van der Waals surface area contributed by atoms with Crippen LogP contribution in [0.4, 0.5) is 0 Å². The van der Waals surface area contributed by atoms with Gasteiger partial charge in [-0.15, -0.1) is 0 Å². The lowest BCUT2D eigenvalue weighted by molar-refractivity contribution is -0.154. The molecule has 0 amide bonds. The number of rotatable bonds is 46. The summed E-state index contributed by atoms with van der Waals surface area (Å²) in [6.07, 6.45) is 48.1. The molecule has 0 bridgehead atoms. The molecule has 328 valence electrons. The van der Waals surface area contributed by atoms with Gasteiger partial charge in [0.2, 0.25) is 0 Å². The van der Waals surface area contributed by atoms with Gasteiger partial charge >= 0.3 is 13.8 Å². The Bertz CT molecular complexity index is 858. The fourth-order valence-electron chi connectivity index (χ4n) is 6.93. The maximum Gasteiger partial charge on any atom is 0.472 e. The van der Waals surface area contributed by atoms with Gasteiger partial charge in [0.25, 0.3) is 0 Å². The number of allylic oxidation sites excluding steroid dienone is 2. The molecule has 0 radical (unpaired) electrons. The zero-order valence-corrected chi connectivity index (χ0v) is 37.3. The first-order chi connectivity index (χ1) is 26.9. The molecular weight excluding hydrogens is 709 g/mol. The Morgan fingerprint density at radius 1 is 0.527 bits per heavy atom. The second kappa shape index (κ2) is 44.3. The number of esters is 1. The highest BCUT2D eigenvalue weighted by atomic mass is 31.2. The van der Waals surface area contributed by atoms with Crippen LogP contribution in [0.2, 0.25) is 0 Å². The van der Waals surface area contributed by atoms with Crippen LogP contribution in [0.25, 0.3) is 0 Å². The van der Waals surface area contributed by atoms with E-state index in [9.17, 15) is 14.3 Å². The number of hydrogen-bond donors (Lipinski definition) is 2. The standard InChI is InChI=1S/C46H92NO7P/c1-3-5-7-9-11-13-15-17-19-20-21-22-23-24-25-26-28-30-32-34-36-38-41-51-43-45(44-53-55(49,50)52-42-40-47)54-46(48)39-37-35-33-31-29-27-18-16-14-12-10-8-6-4-2/h16,18,45H,3-15,17,19-44,47H2,1-2H3,(H,49,50)/b18-16-. The summed E-state index contributed by atoms with van der Waals surface area (Å²) < 4.78 is 33.5. The minimum Gasteiger partial charge on any atom is -0.457 e.